The molecule has 0 spiro atoms. The number of anilines is 1. The molecule has 1 N–H and O–H groups in total. The molecule has 0 bridgehead atoms. The minimum Gasteiger partial charge on any atom is -0.497 e. The van der Waals surface area contributed by atoms with Gasteiger partial charge in [0, 0.05) is 16.8 Å². The highest BCUT2D eigenvalue weighted by Gasteiger charge is 2.22. The van der Waals surface area contributed by atoms with Crippen molar-refractivity contribution in [3.05, 3.63) is 78.4 Å². The van der Waals surface area contributed by atoms with Gasteiger partial charge in [-0.1, -0.05) is 36.4 Å². The number of carbonyl (C=O) groups excluding carboxylic acids is 1. The maximum Gasteiger partial charge on any atom is 0.237 e. The van der Waals surface area contributed by atoms with Gasteiger partial charge in [0.1, 0.15) is 22.9 Å². The van der Waals surface area contributed by atoms with Crippen LogP contribution in [0.2, 0.25) is 0 Å². The summed E-state index contributed by atoms with van der Waals surface area (Å²) in [4.78, 5) is 17.8. The van der Waals surface area contributed by atoms with Crippen molar-refractivity contribution in [3.8, 4) is 34.0 Å². The van der Waals surface area contributed by atoms with E-state index < -0.39 is 0 Å². The number of rotatable bonds is 9. The van der Waals surface area contributed by atoms with Gasteiger partial charge in [-0.05, 0) is 74.0 Å². The first-order valence-electron chi connectivity index (χ1n) is 11.6. The fourth-order valence-electron chi connectivity index (χ4n) is 3.56. The lowest BCUT2D eigenvalue weighted by Crippen LogP contribution is -2.25. The Kier molecular flexibility index (Phi) is 8.17. The number of methoxy groups -OCH3 is 2. The summed E-state index contributed by atoms with van der Waals surface area (Å²) in [5.74, 6) is 1.41. The van der Waals surface area contributed by atoms with E-state index in [1.54, 1.807) is 14.2 Å². The molecule has 1 unspecified atom stereocenters. The van der Waals surface area contributed by atoms with Gasteiger partial charge in [0.15, 0.2) is 0 Å². The highest BCUT2D eigenvalue weighted by Crippen LogP contribution is 2.33. The van der Waals surface area contributed by atoms with E-state index in [1.165, 1.54) is 11.8 Å². The predicted molar refractivity (Wildman–Crippen MR) is 144 cm³/mol. The molecule has 1 atom stereocenters. The average molecular weight is 501 g/mol. The zero-order valence-electron chi connectivity index (χ0n) is 20.7. The van der Waals surface area contributed by atoms with Crippen LogP contribution in [0.5, 0.6) is 11.5 Å². The molecule has 0 saturated heterocycles. The van der Waals surface area contributed by atoms with Crippen LogP contribution in [0.3, 0.4) is 0 Å². The van der Waals surface area contributed by atoms with E-state index in [0.717, 1.165) is 33.9 Å². The Morgan fingerprint density at radius 2 is 1.39 bits per heavy atom. The van der Waals surface area contributed by atoms with Crippen molar-refractivity contribution >= 4 is 23.4 Å². The van der Waals surface area contributed by atoms with Gasteiger partial charge in [-0.15, -0.1) is 10.2 Å². The van der Waals surface area contributed by atoms with Crippen LogP contribution in [0.1, 0.15) is 18.9 Å². The van der Waals surface area contributed by atoms with Gasteiger partial charge in [0.2, 0.25) is 11.1 Å². The molecule has 36 heavy (non-hydrogen) atoms. The number of hydrogen-bond donors (Lipinski definition) is 1. The molecule has 4 rings (SSSR count). The van der Waals surface area contributed by atoms with E-state index in [0.29, 0.717) is 23.0 Å². The summed E-state index contributed by atoms with van der Waals surface area (Å²) < 4.78 is 10.6. The summed E-state index contributed by atoms with van der Waals surface area (Å²) in [6.45, 7) is 3.98. The Morgan fingerprint density at radius 1 is 0.833 bits per heavy atom. The Balaban J connectivity index is 1.64. The molecular formula is C28H28N4O3S. The van der Waals surface area contributed by atoms with E-state index in [2.05, 4.69) is 15.5 Å². The van der Waals surface area contributed by atoms with Gasteiger partial charge in [0.05, 0.1) is 19.5 Å². The average Bonchev–Trinajstić information content (AvgIpc) is 2.93. The largest absolute Gasteiger partial charge is 0.497 e. The number of nitrogens with zero attached hydrogens (tertiary/aromatic N) is 3. The fourth-order valence-corrected chi connectivity index (χ4v) is 4.38. The van der Waals surface area contributed by atoms with E-state index in [4.69, 9.17) is 14.5 Å². The Bertz CT molecular complexity index is 1310. The molecule has 0 radical (unpaired) electrons. The van der Waals surface area contributed by atoms with Crippen molar-refractivity contribution in [1.82, 2.24) is 15.2 Å². The molecule has 1 amide bonds. The Morgan fingerprint density at radius 3 is 1.92 bits per heavy atom. The van der Waals surface area contributed by atoms with E-state index >= 15 is 0 Å². The third kappa shape index (κ3) is 6.01. The molecule has 0 fully saturated rings. The molecule has 7 nitrogen and oxygen atoms in total. The molecule has 0 aliphatic heterocycles. The van der Waals surface area contributed by atoms with Crippen molar-refractivity contribution in [1.29, 1.82) is 0 Å². The third-order valence-electron chi connectivity index (χ3n) is 5.62. The molecule has 1 heterocycles. The molecule has 4 aromatic rings. The van der Waals surface area contributed by atoms with E-state index in [9.17, 15) is 4.79 Å². The smallest absolute Gasteiger partial charge is 0.237 e. The SMILES string of the molecule is CCC(Sc1nnc(-c2ccc(OC)cc2)c(-c2ccc(OC)cc2)n1)C(=O)Nc1ccc(C)cc1. The van der Waals surface area contributed by atoms with Gasteiger partial charge in [-0.2, -0.15) is 0 Å². The minimum atomic E-state index is -0.372. The quantitative estimate of drug-likeness (QED) is 0.280. The highest BCUT2D eigenvalue weighted by atomic mass is 32.2. The number of amides is 1. The summed E-state index contributed by atoms with van der Waals surface area (Å²) in [7, 11) is 3.26. The fraction of sp³-hybridized carbons (Fsp3) is 0.214. The topological polar surface area (TPSA) is 86.2 Å². The summed E-state index contributed by atoms with van der Waals surface area (Å²) in [5, 5.41) is 11.9. The molecule has 0 aliphatic rings. The van der Waals surface area contributed by atoms with Gasteiger partial charge in [-0.3, -0.25) is 4.79 Å². The normalized spacial score (nSPS) is 11.6. The summed E-state index contributed by atoms with van der Waals surface area (Å²) in [6.07, 6.45) is 0.615. The predicted octanol–water partition coefficient (Wildman–Crippen LogP) is 6.04. The Labute approximate surface area is 215 Å². The molecule has 0 aliphatic carbocycles. The number of ether oxygens (including phenoxy) is 2. The van der Waals surface area contributed by atoms with Crippen molar-refractivity contribution in [2.24, 2.45) is 0 Å². The third-order valence-corrected chi connectivity index (χ3v) is 6.84. The van der Waals surface area contributed by atoms with E-state index in [1.807, 2.05) is 86.6 Å². The maximum absolute atomic E-state index is 13.0. The molecule has 3 aromatic carbocycles. The first-order chi connectivity index (χ1) is 17.5. The molecule has 8 heteroatoms. The number of aromatic nitrogens is 3. The van der Waals surface area contributed by atoms with E-state index in [-0.39, 0.29) is 11.2 Å². The zero-order valence-corrected chi connectivity index (χ0v) is 21.5. The highest BCUT2D eigenvalue weighted by molar-refractivity contribution is 8.00. The van der Waals surface area contributed by atoms with Crippen LogP contribution in [0, 0.1) is 6.92 Å². The summed E-state index contributed by atoms with van der Waals surface area (Å²) in [5.41, 5.74) is 4.95. The maximum atomic E-state index is 13.0. The summed E-state index contributed by atoms with van der Waals surface area (Å²) >= 11 is 1.30. The lowest BCUT2D eigenvalue weighted by Gasteiger charge is -2.15. The minimum absolute atomic E-state index is 0.0971. The number of benzene rings is 3. The van der Waals surface area contributed by atoms with Gasteiger partial charge in [0.25, 0.3) is 0 Å². The standard InChI is InChI=1S/C28H28N4O3S/c1-5-24(27(33)29-21-12-6-18(2)7-13-21)36-28-30-25(19-8-14-22(34-3)15-9-19)26(31-32-28)20-10-16-23(35-4)17-11-20/h6-17,24H,5H2,1-4H3,(H,29,33). The van der Waals surface area contributed by atoms with Crippen LogP contribution in [-0.2, 0) is 4.79 Å². The van der Waals surface area contributed by atoms with Crippen LogP contribution in [0.4, 0.5) is 5.69 Å². The number of hydrogen-bond acceptors (Lipinski definition) is 7. The molecule has 184 valence electrons. The Hall–Kier alpha value is -3.91. The number of aryl methyl sites for hydroxylation is 1. The van der Waals surface area contributed by atoms with Crippen LogP contribution in [0.15, 0.2) is 78.0 Å². The van der Waals surface area contributed by atoms with Crippen LogP contribution < -0.4 is 14.8 Å². The monoisotopic (exact) mass is 500 g/mol. The van der Waals surface area contributed by atoms with Crippen LogP contribution in [0.25, 0.3) is 22.5 Å². The first-order valence-corrected chi connectivity index (χ1v) is 12.5. The molecular weight excluding hydrogens is 472 g/mol. The second kappa shape index (κ2) is 11.7. The number of carbonyl (C=O) groups is 1. The first kappa shape index (κ1) is 25.2. The van der Waals surface area contributed by atoms with Gasteiger partial charge >= 0.3 is 0 Å². The summed E-state index contributed by atoms with van der Waals surface area (Å²) in [6, 6.07) is 23.0. The number of nitrogens with one attached hydrogen (secondary N) is 1. The van der Waals surface area contributed by atoms with Crippen molar-refractivity contribution in [3.63, 3.8) is 0 Å². The second-order valence-corrected chi connectivity index (χ2v) is 9.29. The van der Waals surface area contributed by atoms with Gasteiger partial charge < -0.3 is 14.8 Å². The number of thioether (sulfide) groups is 1. The van der Waals surface area contributed by atoms with Crippen LogP contribution >= 0.6 is 11.8 Å². The molecule has 0 saturated carbocycles. The van der Waals surface area contributed by atoms with Crippen molar-refractivity contribution < 1.29 is 14.3 Å². The molecule has 1 aromatic heterocycles. The van der Waals surface area contributed by atoms with Crippen molar-refractivity contribution in [2.45, 2.75) is 30.7 Å². The van der Waals surface area contributed by atoms with Gasteiger partial charge in [-0.25, -0.2) is 4.98 Å². The zero-order chi connectivity index (χ0) is 25.5. The van der Waals surface area contributed by atoms with Crippen molar-refractivity contribution in [2.75, 3.05) is 19.5 Å². The lowest BCUT2D eigenvalue weighted by atomic mass is 10.0. The lowest BCUT2D eigenvalue weighted by molar-refractivity contribution is -0.115. The second-order valence-electron chi connectivity index (χ2n) is 8.12. The van der Waals surface area contributed by atoms with Crippen LogP contribution in [-0.4, -0.2) is 40.6 Å².